The molecule has 1 fully saturated rings. The quantitative estimate of drug-likeness (QED) is 0.868. The minimum absolute atomic E-state index is 0.553. The summed E-state index contributed by atoms with van der Waals surface area (Å²) in [5.41, 5.74) is 7.00. The lowest BCUT2D eigenvalue weighted by atomic mass is 10.0. The highest BCUT2D eigenvalue weighted by Gasteiger charge is 2.21. The molecule has 1 atom stereocenters. The van der Waals surface area contributed by atoms with Gasteiger partial charge in [-0.15, -0.1) is 0 Å². The van der Waals surface area contributed by atoms with E-state index < -0.39 is 0 Å². The topological polar surface area (TPSA) is 42.1 Å². The maximum atomic E-state index is 5.63. The molecular weight excluding hydrogens is 210 g/mol. The first-order valence-corrected chi connectivity index (χ1v) is 6.76. The summed E-state index contributed by atoms with van der Waals surface area (Å²) in [4.78, 5) is 6.85. The number of hydrogen-bond acceptors (Lipinski definition) is 3. The van der Waals surface area contributed by atoms with Crippen LogP contribution in [0.2, 0.25) is 0 Å². The Balaban J connectivity index is 2.08. The lowest BCUT2D eigenvalue weighted by molar-refractivity contribution is 0.200. The maximum absolute atomic E-state index is 5.63. The highest BCUT2D eigenvalue weighted by atomic mass is 15.2. The van der Waals surface area contributed by atoms with Gasteiger partial charge in [0.05, 0.1) is 0 Å². The van der Waals surface area contributed by atoms with Gasteiger partial charge in [-0.25, -0.2) is 0 Å². The molecule has 94 valence electrons. The van der Waals surface area contributed by atoms with Gasteiger partial charge in [0.1, 0.15) is 0 Å². The third kappa shape index (κ3) is 3.51. The van der Waals surface area contributed by atoms with Gasteiger partial charge in [0.2, 0.25) is 0 Å². The fraction of sp³-hybridized carbons (Fsp3) is 0.643. The molecule has 3 heteroatoms. The van der Waals surface area contributed by atoms with Gasteiger partial charge in [0.15, 0.2) is 0 Å². The molecule has 0 amide bonds. The van der Waals surface area contributed by atoms with Gasteiger partial charge in [-0.2, -0.15) is 0 Å². The van der Waals surface area contributed by atoms with Crippen LogP contribution in [0.1, 0.15) is 43.7 Å². The molecule has 2 rings (SSSR count). The molecule has 0 saturated carbocycles. The van der Waals surface area contributed by atoms with Crippen molar-refractivity contribution >= 4 is 0 Å². The Labute approximate surface area is 104 Å². The van der Waals surface area contributed by atoms with E-state index in [2.05, 4.69) is 16.0 Å². The van der Waals surface area contributed by atoms with Crippen LogP contribution in [0.25, 0.3) is 0 Å². The molecule has 1 aliphatic heterocycles. The molecule has 1 aliphatic rings. The summed E-state index contributed by atoms with van der Waals surface area (Å²) in [5.74, 6) is 0. The van der Waals surface area contributed by atoms with Gasteiger partial charge in [-0.3, -0.25) is 9.88 Å². The zero-order chi connectivity index (χ0) is 11.9. The molecule has 0 bridgehead atoms. The summed E-state index contributed by atoms with van der Waals surface area (Å²) in [6.45, 7) is 3.12. The molecule has 3 nitrogen and oxygen atoms in total. The Hall–Kier alpha value is -0.930. The number of rotatable bonds is 4. The van der Waals surface area contributed by atoms with E-state index in [1.807, 2.05) is 18.5 Å². The monoisotopic (exact) mass is 233 g/mol. The standard InChI is InChI=1S/C14H23N3/c15-8-5-11-17-10-3-1-2-7-14(17)13-6-4-9-16-12-13/h4,6,9,12,14H,1-3,5,7-8,10-11,15H2/t14-/m0/s1. The second-order valence-electron chi connectivity index (χ2n) is 4.83. The summed E-state index contributed by atoms with van der Waals surface area (Å²) in [6.07, 6.45) is 10.2. The second-order valence-corrected chi connectivity index (χ2v) is 4.83. The van der Waals surface area contributed by atoms with Crippen molar-refractivity contribution in [2.45, 2.75) is 38.1 Å². The SMILES string of the molecule is NCCCN1CCCCC[C@H]1c1cccnc1. The largest absolute Gasteiger partial charge is 0.330 e. The highest BCUT2D eigenvalue weighted by Crippen LogP contribution is 2.29. The Kier molecular flexibility index (Phi) is 4.95. The first-order chi connectivity index (χ1) is 8.42. The summed E-state index contributed by atoms with van der Waals surface area (Å²) in [6, 6.07) is 4.80. The predicted octanol–water partition coefficient (Wildman–Crippen LogP) is 2.35. The van der Waals surface area contributed by atoms with Crippen LogP contribution >= 0.6 is 0 Å². The molecule has 0 radical (unpaired) electrons. The minimum Gasteiger partial charge on any atom is -0.330 e. The molecule has 1 aromatic rings. The number of pyridine rings is 1. The van der Waals surface area contributed by atoms with E-state index in [-0.39, 0.29) is 0 Å². The van der Waals surface area contributed by atoms with Crippen molar-refractivity contribution in [1.82, 2.24) is 9.88 Å². The molecule has 2 N–H and O–H groups in total. The van der Waals surface area contributed by atoms with E-state index in [1.165, 1.54) is 37.8 Å². The minimum atomic E-state index is 0.553. The zero-order valence-electron chi connectivity index (χ0n) is 10.5. The van der Waals surface area contributed by atoms with Crippen LogP contribution in [-0.2, 0) is 0 Å². The Morgan fingerprint density at radius 1 is 1.35 bits per heavy atom. The van der Waals surface area contributed by atoms with Gasteiger partial charge >= 0.3 is 0 Å². The van der Waals surface area contributed by atoms with E-state index in [4.69, 9.17) is 5.73 Å². The third-order valence-corrected chi connectivity index (χ3v) is 3.58. The van der Waals surface area contributed by atoms with Crippen LogP contribution in [0.5, 0.6) is 0 Å². The average Bonchev–Trinajstić information content (AvgIpc) is 2.62. The third-order valence-electron chi connectivity index (χ3n) is 3.58. The molecule has 0 spiro atoms. The van der Waals surface area contributed by atoms with Crippen LogP contribution in [0.3, 0.4) is 0 Å². The van der Waals surface area contributed by atoms with Crippen LogP contribution in [0.15, 0.2) is 24.5 Å². The van der Waals surface area contributed by atoms with Crippen molar-refractivity contribution < 1.29 is 0 Å². The van der Waals surface area contributed by atoms with Gasteiger partial charge in [-0.1, -0.05) is 18.9 Å². The average molecular weight is 233 g/mol. The van der Waals surface area contributed by atoms with E-state index in [1.54, 1.807) is 0 Å². The van der Waals surface area contributed by atoms with E-state index in [0.29, 0.717) is 6.04 Å². The fourth-order valence-electron chi connectivity index (χ4n) is 2.68. The van der Waals surface area contributed by atoms with Gasteiger partial charge in [0.25, 0.3) is 0 Å². The number of nitrogens with zero attached hydrogens (tertiary/aromatic N) is 2. The second kappa shape index (κ2) is 6.72. The summed E-state index contributed by atoms with van der Waals surface area (Å²) >= 11 is 0. The number of likely N-dealkylation sites (tertiary alicyclic amines) is 1. The van der Waals surface area contributed by atoms with Crippen molar-refractivity contribution in [3.05, 3.63) is 30.1 Å². The number of nitrogens with two attached hydrogens (primary N) is 1. The normalized spacial score (nSPS) is 22.3. The number of hydrogen-bond donors (Lipinski definition) is 1. The predicted molar refractivity (Wildman–Crippen MR) is 70.7 cm³/mol. The van der Waals surface area contributed by atoms with Gasteiger partial charge in [0, 0.05) is 18.4 Å². The van der Waals surface area contributed by atoms with Crippen LogP contribution in [-0.4, -0.2) is 29.5 Å². The van der Waals surface area contributed by atoms with Crippen LogP contribution in [0.4, 0.5) is 0 Å². The number of aromatic nitrogens is 1. The molecule has 0 aromatic carbocycles. The smallest absolute Gasteiger partial charge is 0.0363 e. The lowest BCUT2D eigenvalue weighted by Crippen LogP contribution is -2.30. The lowest BCUT2D eigenvalue weighted by Gasteiger charge is -2.29. The van der Waals surface area contributed by atoms with Crippen molar-refractivity contribution in [2.75, 3.05) is 19.6 Å². The molecule has 1 aromatic heterocycles. The molecule has 1 saturated heterocycles. The Morgan fingerprint density at radius 3 is 3.06 bits per heavy atom. The summed E-state index contributed by atoms with van der Waals surface area (Å²) in [7, 11) is 0. The fourth-order valence-corrected chi connectivity index (χ4v) is 2.68. The van der Waals surface area contributed by atoms with Crippen molar-refractivity contribution in [1.29, 1.82) is 0 Å². The van der Waals surface area contributed by atoms with Crippen molar-refractivity contribution in [3.8, 4) is 0 Å². The summed E-state index contributed by atoms with van der Waals surface area (Å²) in [5, 5.41) is 0. The first kappa shape index (κ1) is 12.5. The maximum Gasteiger partial charge on any atom is 0.0363 e. The summed E-state index contributed by atoms with van der Waals surface area (Å²) < 4.78 is 0. The van der Waals surface area contributed by atoms with E-state index in [0.717, 1.165) is 19.5 Å². The van der Waals surface area contributed by atoms with E-state index >= 15 is 0 Å². The van der Waals surface area contributed by atoms with Crippen molar-refractivity contribution in [2.24, 2.45) is 5.73 Å². The van der Waals surface area contributed by atoms with Crippen molar-refractivity contribution in [3.63, 3.8) is 0 Å². The molecule has 2 heterocycles. The Bertz CT molecular complexity index is 313. The first-order valence-electron chi connectivity index (χ1n) is 6.76. The molecular formula is C14H23N3. The van der Waals surface area contributed by atoms with Crippen LogP contribution < -0.4 is 5.73 Å². The van der Waals surface area contributed by atoms with Gasteiger partial charge in [-0.05, 0) is 50.5 Å². The highest BCUT2D eigenvalue weighted by molar-refractivity contribution is 5.14. The molecule has 17 heavy (non-hydrogen) atoms. The zero-order valence-corrected chi connectivity index (χ0v) is 10.5. The molecule has 0 aliphatic carbocycles. The Morgan fingerprint density at radius 2 is 2.29 bits per heavy atom. The molecule has 0 unspecified atom stereocenters. The van der Waals surface area contributed by atoms with Crippen LogP contribution in [0, 0.1) is 0 Å². The van der Waals surface area contributed by atoms with Gasteiger partial charge < -0.3 is 5.73 Å². The van der Waals surface area contributed by atoms with E-state index in [9.17, 15) is 0 Å².